The maximum Gasteiger partial charge on any atom is 0.258 e. The Labute approximate surface area is 151 Å². The fraction of sp³-hybridized carbons (Fsp3) is 0.667. The molecule has 1 aromatic carbocycles. The van der Waals surface area contributed by atoms with E-state index < -0.39 is 0 Å². The third kappa shape index (κ3) is 4.35. The summed E-state index contributed by atoms with van der Waals surface area (Å²) in [6.07, 6.45) is 5.72. The summed E-state index contributed by atoms with van der Waals surface area (Å²) in [5, 5.41) is 3.26. The monoisotopic (exact) mass is 344 g/mol. The van der Waals surface area contributed by atoms with Crippen molar-refractivity contribution in [2.45, 2.75) is 70.9 Å². The molecule has 2 aliphatic carbocycles. The van der Waals surface area contributed by atoms with Gasteiger partial charge in [-0.1, -0.05) is 32.4 Å². The van der Waals surface area contributed by atoms with E-state index in [9.17, 15) is 4.79 Å². The van der Waals surface area contributed by atoms with Crippen LogP contribution in [0, 0.1) is 18.8 Å². The Morgan fingerprint density at radius 2 is 1.96 bits per heavy atom. The molecule has 0 heterocycles. The second-order valence-corrected chi connectivity index (χ2v) is 8.26. The minimum absolute atomic E-state index is 0.00594. The lowest BCUT2D eigenvalue weighted by molar-refractivity contribution is -0.125. The first-order chi connectivity index (χ1) is 11.9. The van der Waals surface area contributed by atoms with Crippen molar-refractivity contribution < 1.29 is 9.53 Å². The number of hydrogen-bond acceptors (Lipinski definition) is 3. The van der Waals surface area contributed by atoms with Gasteiger partial charge in [0.2, 0.25) is 0 Å². The van der Waals surface area contributed by atoms with E-state index in [1.807, 2.05) is 13.0 Å². The molecule has 3 rings (SSSR count). The van der Waals surface area contributed by atoms with Crippen molar-refractivity contribution in [3.05, 3.63) is 29.3 Å². The molecular weight excluding hydrogens is 312 g/mol. The van der Waals surface area contributed by atoms with E-state index in [0.29, 0.717) is 23.8 Å². The molecule has 4 nitrogen and oxygen atoms in total. The topological polar surface area (TPSA) is 64.3 Å². The molecule has 2 unspecified atom stereocenters. The summed E-state index contributed by atoms with van der Waals surface area (Å²) < 4.78 is 5.89. The zero-order valence-electron chi connectivity index (χ0n) is 15.8. The van der Waals surface area contributed by atoms with Gasteiger partial charge < -0.3 is 15.8 Å². The largest absolute Gasteiger partial charge is 0.483 e. The highest BCUT2D eigenvalue weighted by Crippen LogP contribution is 2.39. The Bertz CT molecular complexity index is 600. The number of rotatable bonds is 5. The smallest absolute Gasteiger partial charge is 0.258 e. The van der Waals surface area contributed by atoms with Crippen molar-refractivity contribution in [3.63, 3.8) is 0 Å². The average molecular weight is 344 g/mol. The quantitative estimate of drug-likeness (QED) is 0.859. The van der Waals surface area contributed by atoms with Crippen LogP contribution in [0.4, 0.5) is 0 Å². The summed E-state index contributed by atoms with van der Waals surface area (Å²) in [6, 6.07) is 6.80. The van der Waals surface area contributed by atoms with Gasteiger partial charge in [0.1, 0.15) is 5.75 Å². The van der Waals surface area contributed by atoms with Crippen LogP contribution in [0.3, 0.4) is 0 Å². The van der Waals surface area contributed by atoms with E-state index in [1.54, 1.807) is 0 Å². The summed E-state index contributed by atoms with van der Waals surface area (Å²) >= 11 is 0. The van der Waals surface area contributed by atoms with Gasteiger partial charge in [-0.15, -0.1) is 0 Å². The Hall–Kier alpha value is -1.55. The van der Waals surface area contributed by atoms with Crippen molar-refractivity contribution >= 4 is 5.91 Å². The van der Waals surface area contributed by atoms with Gasteiger partial charge in [-0.2, -0.15) is 0 Å². The first kappa shape index (κ1) is 18.2. The Morgan fingerprint density at radius 1 is 1.28 bits per heavy atom. The second kappa shape index (κ2) is 7.77. The van der Waals surface area contributed by atoms with Gasteiger partial charge in [0.15, 0.2) is 6.61 Å². The number of nitrogens with one attached hydrogen (secondary N) is 1. The number of ether oxygens (including phenoxy) is 1. The molecule has 25 heavy (non-hydrogen) atoms. The Balaban J connectivity index is 1.59. The molecule has 0 aliphatic heterocycles. The molecule has 0 radical (unpaired) electrons. The number of benzene rings is 1. The molecule has 3 N–H and O–H groups in total. The number of fused-ring (bicyclic) bond motifs is 2. The molecule has 2 bridgehead atoms. The molecule has 1 aromatic rings. The number of amides is 1. The van der Waals surface area contributed by atoms with E-state index in [2.05, 4.69) is 31.3 Å². The third-order valence-electron chi connectivity index (χ3n) is 5.85. The fourth-order valence-corrected chi connectivity index (χ4v) is 4.64. The van der Waals surface area contributed by atoms with Crippen LogP contribution in [0.2, 0.25) is 0 Å². The van der Waals surface area contributed by atoms with Gasteiger partial charge in [-0.05, 0) is 67.6 Å². The fourth-order valence-electron chi connectivity index (χ4n) is 4.64. The maximum absolute atomic E-state index is 12.5. The van der Waals surface area contributed by atoms with E-state index in [0.717, 1.165) is 29.7 Å². The summed E-state index contributed by atoms with van der Waals surface area (Å²) in [6.45, 7) is 6.42. The van der Waals surface area contributed by atoms with E-state index >= 15 is 0 Å². The van der Waals surface area contributed by atoms with Crippen LogP contribution in [0.5, 0.6) is 5.75 Å². The molecule has 4 heteroatoms. The van der Waals surface area contributed by atoms with Crippen molar-refractivity contribution in [3.8, 4) is 5.75 Å². The molecule has 2 saturated carbocycles. The van der Waals surface area contributed by atoms with E-state index in [-0.39, 0.29) is 18.6 Å². The summed E-state index contributed by atoms with van der Waals surface area (Å²) in [7, 11) is 0. The molecule has 0 saturated heterocycles. The number of nitrogens with two attached hydrogens (primary N) is 1. The lowest BCUT2D eigenvalue weighted by Crippen LogP contribution is -2.54. The van der Waals surface area contributed by atoms with Crippen LogP contribution in [-0.4, -0.2) is 24.6 Å². The van der Waals surface area contributed by atoms with Gasteiger partial charge >= 0.3 is 0 Å². The Morgan fingerprint density at radius 3 is 2.60 bits per heavy atom. The van der Waals surface area contributed by atoms with Crippen LogP contribution in [0.25, 0.3) is 0 Å². The lowest BCUT2D eigenvalue weighted by atomic mass is 9.67. The number of hydrogen-bond donors (Lipinski definition) is 2. The van der Waals surface area contributed by atoms with Gasteiger partial charge in [0.25, 0.3) is 5.91 Å². The molecule has 2 atom stereocenters. The summed E-state index contributed by atoms with van der Waals surface area (Å²) in [4.78, 5) is 12.5. The number of carbonyl (C=O) groups is 1. The van der Waals surface area contributed by atoms with E-state index in [1.165, 1.54) is 19.3 Å². The average Bonchev–Trinajstić information content (AvgIpc) is 2.53. The van der Waals surface area contributed by atoms with Crippen molar-refractivity contribution in [1.82, 2.24) is 5.32 Å². The van der Waals surface area contributed by atoms with Crippen molar-refractivity contribution in [2.24, 2.45) is 17.6 Å². The zero-order valence-corrected chi connectivity index (χ0v) is 15.8. The van der Waals surface area contributed by atoms with Crippen molar-refractivity contribution in [1.29, 1.82) is 0 Å². The molecule has 2 fully saturated rings. The van der Waals surface area contributed by atoms with Crippen LogP contribution >= 0.6 is 0 Å². The summed E-state index contributed by atoms with van der Waals surface area (Å²) in [5.41, 5.74) is 8.47. The molecular formula is C21H32N2O2. The highest BCUT2D eigenvalue weighted by Gasteiger charge is 2.39. The Kier molecular flexibility index (Phi) is 5.67. The SMILES string of the molecule is Cc1ccc(C(C)C)c(OCC(=O)NC2C3CCCC2CC(N)C3)c1. The molecule has 0 spiro atoms. The lowest BCUT2D eigenvalue weighted by Gasteiger charge is -2.45. The first-order valence-electron chi connectivity index (χ1n) is 9.72. The molecule has 0 aromatic heterocycles. The normalized spacial score (nSPS) is 28.7. The predicted molar refractivity (Wildman–Crippen MR) is 101 cm³/mol. The molecule has 138 valence electrons. The molecule has 2 aliphatic rings. The minimum Gasteiger partial charge on any atom is -0.483 e. The van der Waals surface area contributed by atoms with Crippen molar-refractivity contribution in [2.75, 3.05) is 6.61 Å². The standard InChI is InChI=1S/C21H32N2O2/c1-13(2)18-8-7-14(3)9-19(18)25-12-20(24)23-21-15-5-4-6-16(21)11-17(22)10-15/h7-9,13,15-17,21H,4-6,10-12,22H2,1-3H3,(H,23,24). The second-order valence-electron chi connectivity index (χ2n) is 8.26. The predicted octanol–water partition coefficient (Wildman–Crippen LogP) is 3.52. The molecule has 1 amide bonds. The first-order valence-corrected chi connectivity index (χ1v) is 9.72. The van der Waals surface area contributed by atoms with E-state index in [4.69, 9.17) is 10.5 Å². The van der Waals surface area contributed by atoms with Gasteiger partial charge in [0.05, 0.1) is 0 Å². The summed E-state index contributed by atoms with van der Waals surface area (Å²) in [5.74, 6) is 2.27. The highest BCUT2D eigenvalue weighted by atomic mass is 16.5. The zero-order chi connectivity index (χ0) is 18.0. The van der Waals surface area contributed by atoms with Crippen LogP contribution in [-0.2, 0) is 4.79 Å². The van der Waals surface area contributed by atoms with Gasteiger partial charge in [0, 0.05) is 12.1 Å². The van der Waals surface area contributed by atoms with Crippen LogP contribution in [0.1, 0.15) is 63.0 Å². The van der Waals surface area contributed by atoms with Gasteiger partial charge in [-0.3, -0.25) is 4.79 Å². The van der Waals surface area contributed by atoms with Crippen LogP contribution < -0.4 is 15.8 Å². The number of aryl methyl sites for hydroxylation is 1. The van der Waals surface area contributed by atoms with Crippen LogP contribution in [0.15, 0.2) is 18.2 Å². The number of carbonyl (C=O) groups excluding carboxylic acids is 1. The third-order valence-corrected chi connectivity index (χ3v) is 5.85. The maximum atomic E-state index is 12.5. The van der Waals surface area contributed by atoms with Gasteiger partial charge in [-0.25, -0.2) is 0 Å². The highest BCUT2D eigenvalue weighted by molar-refractivity contribution is 5.78. The minimum atomic E-state index is -0.00594.